The van der Waals surface area contributed by atoms with Gasteiger partial charge < -0.3 is 29.7 Å². The van der Waals surface area contributed by atoms with Crippen LogP contribution in [-0.4, -0.2) is 100 Å². The van der Waals surface area contributed by atoms with Crippen molar-refractivity contribution in [3.63, 3.8) is 0 Å². The summed E-state index contributed by atoms with van der Waals surface area (Å²) in [5.41, 5.74) is -3.84. The van der Waals surface area contributed by atoms with Crippen LogP contribution in [0.2, 0.25) is 0 Å². The molecule has 3 heterocycles. The van der Waals surface area contributed by atoms with E-state index < -0.39 is 85.7 Å². The molecule has 0 bridgehead atoms. The summed E-state index contributed by atoms with van der Waals surface area (Å²) in [6, 6.07) is 4.57. The summed E-state index contributed by atoms with van der Waals surface area (Å²) >= 11 is 0. The van der Waals surface area contributed by atoms with Crippen LogP contribution >= 0.6 is 0 Å². The summed E-state index contributed by atoms with van der Waals surface area (Å²) < 4.78 is 73.8. The fourth-order valence-electron chi connectivity index (χ4n) is 7.84. The summed E-state index contributed by atoms with van der Waals surface area (Å²) in [4.78, 5) is 58.2. The Balaban J connectivity index is 1.37. The van der Waals surface area contributed by atoms with Gasteiger partial charge in [0.15, 0.2) is 5.60 Å². The smallest absolute Gasteiger partial charge is 0.408 e. The number of hydrogen-bond donors (Lipinski definition) is 3. The normalized spacial score (nSPS) is 29.1. The van der Waals surface area contributed by atoms with E-state index in [1.54, 1.807) is 31.2 Å². The van der Waals surface area contributed by atoms with Crippen molar-refractivity contribution in [2.45, 2.75) is 140 Å². The van der Waals surface area contributed by atoms with Crippen LogP contribution in [0, 0.1) is 17.8 Å². The van der Waals surface area contributed by atoms with E-state index >= 15 is 0 Å². The Morgan fingerprint density at radius 1 is 1.05 bits per heavy atom. The number of nitrogens with one attached hydrogen (secondary N) is 3. The first-order valence-corrected chi connectivity index (χ1v) is 21.9. The predicted molar refractivity (Wildman–Crippen MR) is 213 cm³/mol. The number of rotatable bonds is 11. The van der Waals surface area contributed by atoms with Gasteiger partial charge >= 0.3 is 6.09 Å². The van der Waals surface area contributed by atoms with E-state index in [2.05, 4.69) is 25.6 Å². The Bertz CT molecular complexity index is 2090. The number of benzene rings is 1. The summed E-state index contributed by atoms with van der Waals surface area (Å²) in [6.07, 6.45) is 4.57. The molecule has 2 aliphatic heterocycles. The van der Waals surface area contributed by atoms with Gasteiger partial charge in [-0.2, -0.15) is 0 Å². The summed E-state index contributed by atoms with van der Waals surface area (Å²) in [7, 11) is -4.06. The van der Waals surface area contributed by atoms with Gasteiger partial charge in [0.25, 0.3) is 11.8 Å². The van der Waals surface area contributed by atoms with Gasteiger partial charge in [0.1, 0.15) is 23.7 Å². The molecule has 59 heavy (non-hydrogen) atoms. The third-order valence-electron chi connectivity index (χ3n) is 12.5. The predicted octanol–water partition coefficient (Wildman–Crippen LogP) is 5.18. The van der Waals surface area contributed by atoms with Crippen LogP contribution in [0.15, 0.2) is 36.4 Å². The third-order valence-corrected chi connectivity index (χ3v) is 14.6. The van der Waals surface area contributed by atoms with Gasteiger partial charge in [-0.05, 0) is 90.2 Å². The first kappa shape index (κ1) is 44.0. The number of alkyl carbamates (subject to hydrolysis) is 1. The number of amides is 4. The maximum absolute atomic E-state index is 15.0. The molecular formula is C41H56F2N6O9S. The van der Waals surface area contributed by atoms with Crippen molar-refractivity contribution in [3.05, 3.63) is 36.4 Å². The van der Waals surface area contributed by atoms with Crippen LogP contribution in [0.1, 0.15) is 99.8 Å². The molecule has 2 saturated carbocycles. The molecule has 1 saturated heterocycles. The van der Waals surface area contributed by atoms with Gasteiger partial charge in [-0.3, -0.25) is 19.1 Å². The second-order valence-corrected chi connectivity index (χ2v) is 19.5. The van der Waals surface area contributed by atoms with Crippen molar-refractivity contribution < 1.29 is 50.6 Å². The first-order chi connectivity index (χ1) is 27.6. The number of aromatic nitrogens is 2. The standard InChI is InChI=1S/C41H56F2N6O9S/c1-8-25-20-24(3)14-10-11-15-26-22-41(26,36(52)48-59(54,55)39(6)18-19-39)45-32(50)30-21-27(57-34-29-17-13-12-16-28(29)33(46-47-34)56-9-2)23-49(30)35(51)31(25)44-37(53)58-38(4,5)40(7,42)43/h11-13,15-17,24-27,30-31H,8-10,14,18-23H2,1-7H3,(H,44,53)(H,45,50)(H,48,52)/b15-11-/t24-,25+,26?,27+,30-,31-,41+/m0/s1. The maximum Gasteiger partial charge on any atom is 0.408 e. The zero-order valence-corrected chi connectivity index (χ0v) is 35.5. The molecule has 2 aliphatic carbocycles. The van der Waals surface area contributed by atoms with E-state index in [9.17, 15) is 36.4 Å². The summed E-state index contributed by atoms with van der Waals surface area (Å²) in [5, 5.41) is 15.1. The number of carbonyl (C=O) groups excluding carboxylic acids is 4. The SMILES string of the molecule is CCOc1nnc(O[C@@H]2C[C@H]3C(=O)N[C@]4(C(=O)NS(=O)(=O)C5(C)CC5)CC4/C=C\CC[C@H](C)C[C@@H](CC)[C@H](NC(=O)OC(C)(C)C(C)(F)F)C(=O)N3C2)c2ccccc12. The molecule has 6 rings (SSSR count). The highest BCUT2D eigenvalue weighted by molar-refractivity contribution is 7.91. The van der Waals surface area contributed by atoms with Gasteiger partial charge in [0.2, 0.25) is 33.6 Å². The topological polar surface area (TPSA) is 195 Å². The number of allylic oxidation sites excluding steroid dienone is 1. The molecule has 4 aliphatic rings. The zero-order valence-electron chi connectivity index (χ0n) is 34.7. The Hall–Kier alpha value is -4.61. The Morgan fingerprint density at radius 2 is 1.71 bits per heavy atom. The number of sulfonamides is 1. The van der Waals surface area contributed by atoms with Crippen molar-refractivity contribution in [1.82, 2.24) is 30.5 Å². The number of ether oxygens (including phenoxy) is 3. The lowest BCUT2D eigenvalue weighted by molar-refractivity contribution is -0.152. The molecule has 3 N–H and O–H groups in total. The molecule has 3 fully saturated rings. The van der Waals surface area contributed by atoms with Gasteiger partial charge in [0.05, 0.1) is 28.7 Å². The van der Waals surface area contributed by atoms with E-state index in [1.165, 1.54) is 4.90 Å². The van der Waals surface area contributed by atoms with Gasteiger partial charge in [-0.15, -0.1) is 10.2 Å². The van der Waals surface area contributed by atoms with Crippen molar-refractivity contribution in [3.8, 4) is 11.8 Å². The van der Waals surface area contributed by atoms with Crippen LogP contribution in [0.5, 0.6) is 11.8 Å². The second-order valence-electron chi connectivity index (χ2n) is 17.4. The van der Waals surface area contributed by atoms with E-state index in [4.69, 9.17) is 14.2 Å². The monoisotopic (exact) mass is 846 g/mol. The molecule has 0 radical (unpaired) electrons. The number of nitrogens with zero attached hydrogens (tertiary/aromatic N) is 3. The van der Waals surface area contributed by atoms with Crippen molar-refractivity contribution in [1.29, 1.82) is 0 Å². The van der Waals surface area contributed by atoms with E-state index in [1.807, 2.05) is 32.9 Å². The first-order valence-electron chi connectivity index (χ1n) is 20.4. The fraction of sp³-hybridized carbons (Fsp3) is 0.659. The molecule has 15 nitrogen and oxygen atoms in total. The zero-order chi connectivity index (χ0) is 43.1. The average molecular weight is 847 g/mol. The Labute approximate surface area is 343 Å². The molecule has 18 heteroatoms. The third kappa shape index (κ3) is 9.11. The molecule has 1 aromatic carbocycles. The number of fused-ring (bicyclic) bond motifs is 3. The highest BCUT2D eigenvalue weighted by Crippen LogP contribution is 2.48. The largest absolute Gasteiger partial charge is 0.476 e. The lowest BCUT2D eigenvalue weighted by Crippen LogP contribution is -2.60. The van der Waals surface area contributed by atoms with Crippen molar-refractivity contribution in [2.24, 2.45) is 17.8 Å². The van der Waals surface area contributed by atoms with Gasteiger partial charge in [-0.1, -0.05) is 44.6 Å². The lowest BCUT2D eigenvalue weighted by atomic mass is 9.85. The molecule has 7 atom stereocenters. The van der Waals surface area contributed by atoms with Crippen molar-refractivity contribution in [2.75, 3.05) is 13.2 Å². The Morgan fingerprint density at radius 3 is 2.34 bits per heavy atom. The minimum Gasteiger partial charge on any atom is -0.476 e. The number of hydrogen-bond acceptors (Lipinski definition) is 11. The maximum atomic E-state index is 15.0. The van der Waals surface area contributed by atoms with Crippen LogP contribution in [0.3, 0.4) is 0 Å². The Kier molecular flexibility index (Phi) is 12.3. The minimum atomic E-state index is -4.06. The van der Waals surface area contributed by atoms with Crippen molar-refractivity contribution >= 4 is 44.6 Å². The van der Waals surface area contributed by atoms with E-state index in [-0.39, 0.29) is 31.2 Å². The molecule has 2 aromatic rings. The molecule has 4 amide bonds. The van der Waals surface area contributed by atoms with E-state index in [0.717, 1.165) is 13.8 Å². The summed E-state index contributed by atoms with van der Waals surface area (Å²) in [5.74, 6) is -6.30. The number of alkyl halides is 2. The van der Waals surface area contributed by atoms with Crippen LogP contribution in [-0.2, 0) is 29.1 Å². The van der Waals surface area contributed by atoms with E-state index in [0.29, 0.717) is 68.7 Å². The molecule has 1 aromatic heterocycles. The quantitative estimate of drug-likeness (QED) is 0.252. The van der Waals surface area contributed by atoms with Crippen LogP contribution in [0.4, 0.5) is 13.6 Å². The van der Waals surface area contributed by atoms with Gasteiger partial charge in [0, 0.05) is 19.3 Å². The molecule has 0 spiro atoms. The van der Waals surface area contributed by atoms with Crippen LogP contribution < -0.4 is 24.8 Å². The minimum absolute atomic E-state index is 0.0210. The van der Waals surface area contributed by atoms with Gasteiger partial charge in [-0.25, -0.2) is 22.0 Å². The highest BCUT2D eigenvalue weighted by Gasteiger charge is 2.63. The number of carbonyl (C=O) groups is 4. The molecule has 324 valence electrons. The van der Waals surface area contributed by atoms with Crippen LogP contribution in [0.25, 0.3) is 10.8 Å². The summed E-state index contributed by atoms with van der Waals surface area (Å²) in [6.45, 7) is 10.2. The average Bonchev–Trinajstić information content (AvgIpc) is 4.04. The molecular weight excluding hydrogens is 791 g/mol. The highest BCUT2D eigenvalue weighted by atomic mass is 32.2. The number of halogens is 2. The second kappa shape index (κ2) is 16.4. The lowest BCUT2D eigenvalue weighted by Gasteiger charge is -2.35. The molecule has 1 unspecified atom stereocenters. The fourth-order valence-corrected chi connectivity index (χ4v) is 9.15.